The van der Waals surface area contributed by atoms with Crippen molar-refractivity contribution in [3.63, 3.8) is 0 Å². The number of halogens is 1. The molecule has 0 radical (unpaired) electrons. The highest BCUT2D eigenvalue weighted by Crippen LogP contribution is 2.43. The number of carbonyl (C=O) groups is 2. The highest BCUT2D eigenvalue weighted by atomic mass is 19.1. The maximum atomic E-state index is 15.2. The largest absolute Gasteiger partial charge is 0.465 e. The lowest BCUT2D eigenvalue weighted by Crippen LogP contribution is -2.29. The van der Waals surface area contributed by atoms with E-state index in [4.69, 9.17) is 6.42 Å². The Bertz CT molecular complexity index is 1490. The molecular weight excluding hydrogens is 423 g/mol. The molecule has 0 aliphatic carbocycles. The number of aromatic amines is 1. The van der Waals surface area contributed by atoms with Crippen LogP contribution in [-0.2, 0) is 0 Å². The third kappa shape index (κ3) is 3.10. The van der Waals surface area contributed by atoms with Gasteiger partial charge in [-0.25, -0.2) is 14.2 Å². The Morgan fingerprint density at radius 1 is 1.21 bits per heavy atom. The number of carboxylic acid groups (broad SMARTS) is 1. The molecule has 2 N–H and O–H groups in total. The van der Waals surface area contributed by atoms with Crippen molar-refractivity contribution in [2.75, 3.05) is 16.8 Å². The Labute approximate surface area is 188 Å². The summed E-state index contributed by atoms with van der Waals surface area (Å²) in [6.45, 7) is 0. The number of fused-ring (bicyclic) bond motifs is 2. The van der Waals surface area contributed by atoms with Gasteiger partial charge in [-0.2, -0.15) is 0 Å². The summed E-state index contributed by atoms with van der Waals surface area (Å²) in [6.07, 6.45) is 4.29. The molecule has 1 aromatic heterocycles. The maximum Gasteiger partial charge on any atom is 0.413 e. The van der Waals surface area contributed by atoms with Crippen LogP contribution < -0.4 is 9.80 Å². The maximum absolute atomic E-state index is 15.2. The predicted octanol–water partition coefficient (Wildman–Crippen LogP) is 4.55. The summed E-state index contributed by atoms with van der Waals surface area (Å²) in [7, 11) is 1.38. The number of H-pyrrole nitrogens is 1. The summed E-state index contributed by atoms with van der Waals surface area (Å²) in [5.41, 5.74) is 3.20. The molecule has 0 spiro atoms. The average Bonchev–Trinajstić information content (AvgIpc) is 3.37. The lowest BCUT2D eigenvalue weighted by molar-refractivity contribution is 0.0992. The van der Waals surface area contributed by atoms with Crippen molar-refractivity contribution in [2.24, 2.45) is 0 Å². The Morgan fingerprint density at radius 2 is 2.00 bits per heavy atom. The van der Waals surface area contributed by atoms with Crippen molar-refractivity contribution in [3.05, 3.63) is 88.7 Å². The smallest absolute Gasteiger partial charge is 0.413 e. The minimum Gasteiger partial charge on any atom is -0.465 e. The number of carbonyl (C=O) groups excluding carboxylic acids is 1. The fraction of sp³-hybridized carbons (Fsp3) is 0.0800. The van der Waals surface area contributed by atoms with Gasteiger partial charge in [0.25, 0.3) is 5.91 Å². The monoisotopic (exact) mass is 440 g/mol. The summed E-state index contributed by atoms with van der Waals surface area (Å²) in [4.78, 5) is 34.4. The minimum absolute atomic E-state index is 0.0686. The number of nitrogens with zero attached hydrogens (tertiary/aromatic N) is 3. The van der Waals surface area contributed by atoms with Crippen molar-refractivity contribution in [1.29, 1.82) is 0 Å². The number of hydrogen-bond acceptors (Lipinski definition) is 3. The van der Waals surface area contributed by atoms with Gasteiger partial charge in [0.1, 0.15) is 0 Å². The first-order valence-corrected chi connectivity index (χ1v) is 10.0. The Balaban J connectivity index is 1.69. The number of terminal acetylenes is 1. The molecule has 0 bridgehead atoms. The second-order valence-corrected chi connectivity index (χ2v) is 7.63. The van der Waals surface area contributed by atoms with Gasteiger partial charge in [0, 0.05) is 12.6 Å². The molecule has 2 amide bonds. The number of imidazole rings is 1. The van der Waals surface area contributed by atoms with Crippen LogP contribution in [0.5, 0.6) is 0 Å². The standard InChI is InChI=1S/C25H17FN4O3/c1-3-14-7-6-10-20(21(14)26)30-22(16-8-4-5-9-17(16)23(30)31)15-11-12-18-19(13-15)28-24(27-18)29(2)25(32)33/h1,4-13,22H,2H3,(H,27,28)(H,32,33). The number of aromatic nitrogens is 2. The van der Waals surface area contributed by atoms with Gasteiger partial charge < -0.3 is 10.1 Å². The first-order valence-electron chi connectivity index (χ1n) is 10.0. The third-order valence-electron chi connectivity index (χ3n) is 5.77. The molecule has 1 aliphatic rings. The summed E-state index contributed by atoms with van der Waals surface area (Å²) in [5.74, 6) is 1.51. The zero-order valence-corrected chi connectivity index (χ0v) is 17.4. The number of amides is 2. The van der Waals surface area contributed by atoms with Crippen molar-refractivity contribution in [1.82, 2.24) is 9.97 Å². The molecule has 5 rings (SSSR count). The summed E-state index contributed by atoms with van der Waals surface area (Å²) in [6, 6.07) is 16.5. The fourth-order valence-electron chi connectivity index (χ4n) is 4.14. The van der Waals surface area contributed by atoms with Crippen LogP contribution in [0, 0.1) is 18.2 Å². The van der Waals surface area contributed by atoms with E-state index in [1.165, 1.54) is 24.1 Å². The third-order valence-corrected chi connectivity index (χ3v) is 5.77. The van der Waals surface area contributed by atoms with E-state index < -0.39 is 18.0 Å². The summed E-state index contributed by atoms with van der Waals surface area (Å²) < 4.78 is 15.2. The van der Waals surface area contributed by atoms with Gasteiger partial charge in [0.15, 0.2) is 5.82 Å². The molecule has 33 heavy (non-hydrogen) atoms. The first-order chi connectivity index (χ1) is 15.9. The second-order valence-electron chi connectivity index (χ2n) is 7.63. The van der Waals surface area contributed by atoms with Crippen LogP contribution in [0.4, 0.5) is 20.8 Å². The average molecular weight is 440 g/mol. The predicted molar refractivity (Wildman–Crippen MR) is 122 cm³/mol. The van der Waals surface area contributed by atoms with Crippen molar-refractivity contribution < 1.29 is 19.1 Å². The van der Waals surface area contributed by atoms with Gasteiger partial charge in [0.05, 0.1) is 28.3 Å². The Kier molecular flexibility index (Phi) is 4.61. The molecule has 1 aliphatic heterocycles. The van der Waals surface area contributed by atoms with Crippen molar-refractivity contribution >= 4 is 34.7 Å². The van der Waals surface area contributed by atoms with E-state index in [1.807, 2.05) is 12.1 Å². The molecule has 1 atom stereocenters. The number of anilines is 2. The topological polar surface area (TPSA) is 89.5 Å². The quantitative estimate of drug-likeness (QED) is 0.458. The van der Waals surface area contributed by atoms with E-state index in [0.29, 0.717) is 22.2 Å². The van der Waals surface area contributed by atoms with Crippen LogP contribution in [0.1, 0.15) is 33.1 Å². The SMILES string of the molecule is C#Cc1cccc(N2C(=O)c3ccccc3C2c2ccc3[nH]c(N(C)C(=O)O)nc3c2)c1F. The van der Waals surface area contributed by atoms with Gasteiger partial charge in [-0.15, -0.1) is 6.42 Å². The fourth-order valence-corrected chi connectivity index (χ4v) is 4.14. The van der Waals surface area contributed by atoms with E-state index >= 15 is 4.39 Å². The Morgan fingerprint density at radius 3 is 2.76 bits per heavy atom. The lowest BCUT2D eigenvalue weighted by Gasteiger charge is -2.26. The zero-order valence-electron chi connectivity index (χ0n) is 17.4. The molecule has 4 aromatic rings. The molecule has 0 saturated carbocycles. The molecular formula is C25H17FN4O3. The molecule has 162 valence electrons. The van der Waals surface area contributed by atoms with Gasteiger partial charge in [-0.05, 0) is 41.5 Å². The van der Waals surface area contributed by atoms with Crippen LogP contribution >= 0.6 is 0 Å². The van der Waals surface area contributed by atoms with E-state index in [9.17, 15) is 14.7 Å². The van der Waals surface area contributed by atoms with Crippen molar-refractivity contribution in [3.8, 4) is 12.3 Å². The normalized spacial score (nSPS) is 14.9. The summed E-state index contributed by atoms with van der Waals surface area (Å²) >= 11 is 0. The van der Waals surface area contributed by atoms with E-state index in [2.05, 4.69) is 15.9 Å². The minimum atomic E-state index is -1.15. The van der Waals surface area contributed by atoms with Crippen LogP contribution in [0.2, 0.25) is 0 Å². The lowest BCUT2D eigenvalue weighted by atomic mass is 9.97. The molecule has 2 heterocycles. The van der Waals surface area contributed by atoms with Gasteiger partial charge in [-0.1, -0.05) is 36.3 Å². The van der Waals surface area contributed by atoms with Gasteiger partial charge in [-0.3, -0.25) is 14.6 Å². The first kappa shape index (κ1) is 20.3. The van der Waals surface area contributed by atoms with E-state index in [0.717, 1.165) is 10.5 Å². The molecule has 0 saturated heterocycles. The van der Waals surface area contributed by atoms with Crippen LogP contribution in [0.15, 0.2) is 60.7 Å². The highest BCUT2D eigenvalue weighted by molar-refractivity contribution is 6.12. The van der Waals surface area contributed by atoms with Crippen LogP contribution in [-0.4, -0.2) is 34.1 Å². The summed E-state index contributed by atoms with van der Waals surface area (Å²) in [5, 5.41) is 9.23. The molecule has 1 unspecified atom stereocenters. The van der Waals surface area contributed by atoms with E-state index in [1.54, 1.807) is 36.4 Å². The number of hydrogen-bond donors (Lipinski definition) is 2. The number of benzene rings is 3. The van der Waals surface area contributed by atoms with Gasteiger partial charge in [0.2, 0.25) is 5.95 Å². The van der Waals surface area contributed by atoms with Crippen LogP contribution in [0.3, 0.4) is 0 Å². The molecule has 7 nitrogen and oxygen atoms in total. The van der Waals surface area contributed by atoms with Crippen molar-refractivity contribution in [2.45, 2.75) is 6.04 Å². The number of nitrogens with one attached hydrogen (secondary N) is 1. The number of rotatable bonds is 3. The molecule has 0 fully saturated rings. The second kappa shape index (κ2) is 7.50. The van der Waals surface area contributed by atoms with Gasteiger partial charge >= 0.3 is 6.09 Å². The Hall–Kier alpha value is -4.64. The van der Waals surface area contributed by atoms with Crippen LogP contribution in [0.25, 0.3) is 11.0 Å². The highest BCUT2D eigenvalue weighted by Gasteiger charge is 2.40. The zero-order chi connectivity index (χ0) is 23.3. The molecule has 3 aromatic carbocycles. The van der Waals surface area contributed by atoms with E-state index in [-0.39, 0.29) is 23.1 Å². The molecule has 8 heteroatoms.